The molecule has 2 aromatic rings. The number of aliphatic imine (C=N–C) groups is 1. The maximum absolute atomic E-state index is 12.6. The van der Waals surface area contributed by atoms with Gasteiger partial charge in [0, 0.05) is 29.0 Å². The molecule has 1 amide bonds. The third-order valence-corrected chi connectivity index (χ3v) is 5.27. The summed E-state index contributed by atoms with van der Waals surface area (Å²) in [5, 5.41) is 6.38. The smallest absolute Gasteiger partial charge is 0.246 e. The minimum Gasteiger partial charge on any atom is -0.352 e. The molecule has 0 radical (unpaired) electrons. The molecule has 0 spiro atoms. The second kappa shape index (κ2) is 9.91. The van der Waals surface area contributed by atoms with E-state index in [0.717, 1.165) is 25.1 Å². The number of rotatable bonds is 4. The average molecular weight is 484 g/mol. The van der Waals surface area contributed by atoms with Crippen molar-refractivity contribution < 1.29 is 4.79 Å². The summed E-state index contributed by atoms with van der Waals surface area (Å²) in [6.45, 7) is 3.81. The van der Waals surface area contributed by atoms with E-state index in [0.29, 0.717) is 12.5 Å². The molecule has 1 aromatic heterocycles. The van der Waals surface area contributed by atoms with Crippen LogP contribution in [0.3, 0.4) is 0 Å². The summed E-state index contributed by atoms with van der Waals surface area (Å²) in [6, 6.07) is 12.4. The van der Waals surface area contributed by atoms with Gasteiger partial charge in [-0.05, 0) is 43.5 Å². The third kappa shape index (κ3) is 5.20. The molecule has 0 fully saturated rings. The molecule has 1 aliphatic rings. The third-order valence-electron chi connectivity index (χ3n) is 4.27. The number of carbonyl (C=O) groups excluding carboxylic acids is 1. The van der Waals surface area contributed by atoms with Crippen LogP contribution in [0.1, 0.15) is 21.7 Å². The zero-order valence-corrected chi connectivity index (χ0v) is 18.3. The van der Waals surface area contributed by atoms with E-state index in [2.05, 4.69) is 40.7 Å². The molecule has 0 bridgehead atoms. The number of hydrogen-bond donors (Lipinski definition) is 2. The fourth-order valence-electron chi connectivity index (χ4n) is 3.02. The first kappa shape index (κ1) is 20.7. The summed E-state index contributed by atoms with van der Waals surface area (Å²) < 4.78 is 0. The summed E-state index contributed by atoms with van der Waals surface area (Å²) in [5.41, 5.74) is 2.29. The minimum atomic E-state index is 0. The lowest BCUT2D eigenvalue weighted by atomic mass is 10.0. The van der Waals surface area contributed by atoms with Gasteiger partial charge in [0.2, 0.25) is 5.91 Å². The summed E-state index contributed by atoms with van der Waals surface area (Å²) in [5.74, 6) is 0.715. The van der Waals surface area contributed by atoms with Gasteiger partial charge in [0.1, 0.15) is 0 Å². The van der Waals surface area contributed by atoms with Gasteiger partial charge < -0.3 is 15.5 Å². The van der Waals surface area contributed by atoms with Gasteiger partial charge in [0.25, 0.3) is 0 Å². The number of nitrogens with zero attached hydrogens (tertiary/aromatic N) is 2. The number of para-hydroxylation sites is 1. The maximum Gasteiger partial charge on any atom is 0.246 e. The van der Waals surface area contributed by atoms with Crippen LogP contribution in [0.15, 0.2) is 41.4 Å². The fourth-order valence-corrected chi connectivity index (χ4v) is 3.85. The average Bonchev–Trinajstić information content (AvgIpc) is 3.06. The van der Waals surface area contributed by atoms with E-state index in [9.17, 15) is 4.79 Å². The zero-order valence-electron chi connectivity index (χ0n) is 15.1. The van der Waals surface area contributed by atoms with E-state index >= 15 is 0 Å². The van der Waals surface area contributed by atoms with Crippen LogP contribution in [0.25, 0.3) is 0 Å². The number of aryl methyl sites for hydroxylation is 2. The Bertz CT molecular complexity index is 774. The van der Waals surface area contributed by atoms with Crippen molar-refractivity contribution in [2.45, 2.75) is 26.3 Å². The number of anilines is 1. The van der Waals surface area contributed by atoms with Crippen LogP contribution in [0.2, 0.25) is 0 Å². The van der Waals surface area contributed by atoms with E-state index in [1.807, 2.05) is 23.1 Å². The van der Waals surface area contributed by atoms with E-state index in [1.54, 1.807) is 18.4 Å². The Labute approximate surface area is 175 Å². The number of nitrogens with one attached hydrogen (secondary N) is 2. The number of carbonyl (C=O) groups is 1. The molecular weight excluding hydrogens is 459 g/mol. The predicted octanol–water partition coefficient (Wildman–Crippen LogP) is 3.32. The Morgan fingerprint density at radius 3 is 2.77 bits per heavy atom. The van der Waals surface area contributed by atoms with Crippen molar-refractivity contribution in [1.29, 1.82) is 0 Å². The highest BCUT2D eigenvalue weighted by molar-refractivity contribution is 14.0. The van der Waals surface area contributed by atoms with Crippen molar-refractivity contribution in [3.05, 3.63) is 51.7 Å². The predicted molar refractivity (Wildman–Crippen MR) is 120 cm³/mol. The lowest BCUT2D eigenvalue weighted by Gasteiger charge is -2.29. The molecule has 3 rings (SSSR count). The molecule has 0 atom stereocenters. The van der Waals surface area contributed by atoms with Crippen molar-refractivity contribution in [2.75, 3.05) is 25.0 Å². The second-order valence-corrected chi connectivity index (χ2v) is 7.44. The lowest BCUT2D eigenvalue weighted by molar-refractivity contribution is -0.117. The van der Waals surface area contributed by atoms with Gasteiger partial charge in [0.05, 0.1) is 13.1 Å². The molecule has 140 valence electrons. The Morgan fingerprint density at radius 2 is 2.04 bits per heavy atom. The number of halogens is 1. The summed E-state index contributed by atoms with van der Waals surface area (Å²) >= 11 is 1.76. The SMILES string of the molecule is CN=C(NCC(=O)N1CCCc2ccccc21)NCc1ccc(C)s1.I. The molecule has 0 aliphatic carbocycles. The molecule has 2 heterocycles. The van der Waals surface area contributed by atoms with Crippen LogP contribution in [0, 0.1) is 6.92 Å². The summed E-state index contributed by atoms with van der Waals surface area (Å²) in [4.78, 5) is 21.3. The number of hydrogen-bond acceptors (Lipinski definition) is 3. The number of thiophene rings is 1. The van der Waals surface area contributed by atoms with E-state index in [1.165, 1.54) is 15.3 Å². The highest BCUT2D eigenvalue weighted by Gasteiger charge is 2.21. The van der Waals surface area contributed by atoms with E-state index < -0.39 is 0 Å². The Hall–Kier alpha value is -1.61. The lowest BCUT2D eigenvalue weighted by Crippen LogP contribution is -2.45. The van der Waals surface area contributed by atoms with Gasteiger partial charge in [-0.3, -0.25) is 9.79 Å². The quantitative estimate of drug-likeness (QED) is 0.398. The fraction of sp³-hybridized carbons (Fsp3) is 0.368. The van der Waals surface area contributed by atoms with Crippen LogP contribution in [-0.2, 0) is 17.8 Å². The monoisotopic (exact) mass is 484 g/mol. The number of amides is 1. The Morgan fingerprint density at radius 1 is 1.23 bits per heavy atom. The van der Waals surface area contributed by atoms with Crippen molar-refractivity contribution >= 4 is 52.9 Å². The van der Waals surface area contributed by atoms with Crippen molar-refractivity contribution in [2.24, 2.45) is 4.99 Å². The van der Waals surface area contributed by atoms with Gasteiger partial charge in [-0.1, -0.05) is 18.2 Å². The van der Waals surface area contributed by atoms with E-state index in [4.69, 9.17) is 0 Å². The first-order valence-corrected chi connectivity index (χ1v) is 9.37. The minimum absolute atomic E-state index is 0. The largest absolute Gasteiger partial charge is 0.352 e. The second-order valence-electron chi connectivity index (χ2n) is 6.07. The van der Waals surface area contributed by atoms with Crippen LogP contribution in [0.4, 0.5) is 5.69 Å². The molecule has 0 saturated carbocycles. The van der Waals surface area contributed by atoms with Crippen molar-refractivity contribution in [1.82, 2.24) is 10.6 Å². The van der Waals surface area contributed by atoms with E-state index in [-0.39, 0.29) is 36.4 Å². The van der Waals surface area contributed by atoms with Crippen LogP contribution in [0.5, 0.6) is 0 Å². The maximum atomic E-state index is 12.6. The van der Waals surface area contributed by atoms with Crippen LogP contribution < -0.4 is 15.5 Å². The highest BCUT2D eigenvalue weighted by Crippen LogP contribution is 2.26. The highest BCUT2D eigenvalue weighted by atomic mass is 127. The molecule has 1 aromatic carbocycles. The van der Waals surface area contributed by atoms with Gasteiger partial charge in [-0.2, -0.15) is 0 Å². The normalized spacial score (nSPS) is 13.6. The van der Waals surface area contributed by atoms with Crippen molar-refractivity contribution in [3.8, 4) is 0 Å². The Kier molecular flexibility index (Phi) is 7.89. The molecular formula is C19H25IN4OS. The molecule has 1 aliphatic heterocycles. The van der Waals surface area contributed by atoms with Gasteiger partial charge in [-0.15, -0.1) is 35.3 Å². The van der Waals surface area contributed by atoms with Gasteiger partial charge in [-0.25, -0.2) is 0 Å². The van der Waals surface area contributed by atoms with Gasteiger partial charge in [0.15, 0.2) is 5.96 Å². The molecule has 2 N–H and O–H groups in total. The number of benzene rings is 1. The zero-order chi connectivity index (χ0) is 17.6. The van der Waals surface area contributed by atoms with Crippen LogP contribution >= 0.6 is 35.3 Å². The van der Waals surface area contributed by atoms with Gasteiger partial charge >= 0.3 is 0 Å². The molecule has 0 saturated heterocycles. The van der Waals surface area contributed by atoms with Crippen molar-refractivity contribution in [3.63, 3.8) is 0 Å². The van der Waals surface area contributed by atoms with Crippen LogP contribution in [-0.4, -0.2) is 32.0 Å². The molecule has 26 heavy (non-hydrogen) atoms. The standard InChI is InChI=1S/C19H24N4OS.HI/c1-14-9-10-16(25-14)12-21-19(20-2)22-13-18(24)23-11-5-7-15-6-3-4-8-17(15)23;/h3-4,6,8-10H,5,7,11-13H2,1-2H3,(H2,20,21,22);1H. The summed E-state index contributed by atoms with van der Waals surface area (Å²) in [6.07, 6.45) is 2.05. The first-order valence-electron chi connectivity index (χ1n) is 8.55. The molecule has 7 heteroatoms. The Balaban J connectivity index is 0.00000243. The number of guanidine groups is 1. The number of fused-ring (bicyclic) bond motifs is 1. The first-order chi connectivity index (χ1) is 12.2. The summed E-state index contributed by atoms with van der Waals surface area (Å²) in [7, 11) is 1.72. The topological polar surface area (TPSA) is 56.7 Å². The molecule has 0 unspecified atom stereocenters. The molecule has 5 nitrogen and oxygen atoms in total.